The van der Waals surface area contributed by atoms with E-state index in [1.165, 1.54) is 5.06 Å². The highest BCUT2D eigenvalue weighted by molar-refractivity contribution is 5.34. The Kier molecular flexibility index (Phi) is 3.60. The van der Waals surface area contributed by atoms with Crippen LogP contribution in [0, 0.1) is 0 Å². The Labute approximate surface area is 114 Å². The van der Waals surface area contributed by atoms with Crippen LogP contribution in [0.2, 0.25) is 0 Å². The number of rotatable bonds is 2. The maximum atomic E-state index is 9.82. The molecule has 5 nitrogen and oxygen atoms in total. The minimum absolute atomic E-state index is 0.269. The molecule has 0 spiro atoms. The molecule has 1 heterocycles. The van der Waals surface area contributed by atoms with Crippen molar-refractivity contribution in [3.05, 3.63) is 30.3 Å². The number of nitrogens with zero attached hydrogens (tertiary/aromatic N) is 4. The van der Waals surface area contributed by atoms with E-state index >= 15 is 0 Å². The van der Waals surface area contributed by atoms with Crippen LogP contribution < -0.4 is 0 Å². The van der Waals surface area contributed by atoms with E-state index in [0.29, 0.717) is 13.1 Å². The normalized spacial score (nSPS) is 22.9. The van der Waals surface area contributed by atoms with E-state index in [9.17, 15) is 5.21 Å². The van der Waals surface area contributed by atoms with Gasteiger partial charge < -0.3 is 5.21 Å². The van der Waals surface area contributed by atoms with Gasteiger partial charge in [-0.05, 0) is 39.8 Å². The first-order valence-electron chi connectivity index (χ1n) is 6.52. The molecule has 0 saturated carbocycles. The van der Waals surface area contributed by atoms with E-state index in [1.54, 1.807) is 0 Å². The fourth-order valence-electron chi connectivity index (χ4n) is 2.74. The SMILES string of the molecule is CC1(C)CN(O)CC(C)(C)N1N=Nc1ccccc1. The summed E-state index contributed by atoms with van der Waals surface area (Å²) in [5, 5.41) is 21.9. The van der Waals surface area contributed by atoms with Crippen LogP contribution in [0.5, 0.6) is 0 Å². The predicted octanol–water partition coefficient (Wildman–Crippen LogP) is 3.25. The van der Waals surface area contributed by atoms with Crippen LogP contribution in [-0.4, -0.2) is 39.4 Å². The predicted molar refractivity (Wildman–Crippen MR) is 74.3 cm³/mol. The summed E-state index contributed by atoms with van der Waals surface area (Å²) in [6.45, 7) is 9.32. The van der Waals surface area contributed by atoms with Gasteiger partial charge in [0.2, 0.25) is 0 Å². The molecule has 0 aromatic heterocycles. The van der Waals surface area contributed by atoms with Crippen molar-refractivity contribution in [2.24, 2.45) is 10.3 Å². The number of hydrogen-bond donors (Lipinski definition) is 1. The zero-order chi connectivity index (χ0) is 14.1. The standard InChI is InChI=1S/C14H22N4O/c1-13(2)10-17(19)11-14(3,4)18(13)16-15-12-8-6-5-7-9-12/h5-9,19H,10-11H2,1-4H3. The minimum Gasteiger partial charge on any atom is -0.314 e. The van der Waals surface area contributed by atoms with Gasteiger partial charge in [0.1, 0.15) is 0 Å². The van der Waals surface area contributed by atoms with Crippen molar-refractivity contribution in [2.75, 3.05) is 13.1 Å². The van der Waals surface area contributed by atoms with E-state index in [-0.39, 0.29) is 11.1 Å². The molecule has 1 aliphatic heterocycles. The molecule has 1 saturated heterocycles. The summed E-state index contributed by atoms with van der Waals surface area (Å²) in [6, 6.07) is 9.68. The zero-order valence-corrected chi connectivity index (χ0v) is 12.0. The van der Waals surface area contributed by atoms with Crippen molar-refractivity contribution in [2.45, 2.75) is 38.8 Å². The lowest BCUT2D eigenvalue weighted by Gasteiger charge is -2.52. The maximum absolute atomic E-state index is 9.82. The number of piperazine rings is 1. The minimum atomic E-state index is -0.269. The van der Waals surface area contributed by atoms with Crippen molar-refractivity contribution in [3.8, 4) is 0 Å². The molecular weight excluding hydrogens is 240 g/mol. The van der Waals surface area contributed by atoms with Gasteiger partial charge in [0.05, 0.1) is 16.8 Å². The Balaban J connectivity index is 2.24. The highest BCUT2D eigenvalue weighted by Gasteiger charge is 2.44. The second-order valence-corrected chi connectivity index (χ2v) is 6.28. The summed E-state index contributed by atoms with van der Waals surface area (Å²) in [6.07, 6.45) is 0. The van der Waals surface area contributed by atoms with Gasteiger partial charge in [-0.15, -0.1) is 5.11 Å². The van der Waals surface area contributed by atoms with Crippen LogP contribution in [-0.2, 0) is 0 Å². The molecular formula is C14H22N4O. The molecule has 1 fully saturated rings. The van der Waals surface area contributed by atoms with Gasteiger partial charge in [-0.2, -0.15) is 5.06 Å². The number of hydroxylamine groups is 2. The molecule has 5 heteroatoms. The molecule has 0 radical (unpaired) electrons. The molecule has 0 atom stereocenters. The lowest BCUT2D eigenvalue weighted by Crippen LogP contribution is -2.65. The molecule has 1 aromatic rings. The van der Waals surface area contributed by atoms with Crippen molar-refractivity contribution in [3.63, 3.8) is 0 Å². The highest BCUT2D eigenvalue weighted by atomic mass is 16.5. The third-order valence-electron chi connectivity index (χ3n) is 3.29. The quantitative estimate of drug-likeness (QED) is 0.832. The van der Waals surface area contributed by atoms with E-state index < -0.39 is 0 Å². The van der Waals surface area contributed by atoms with Crippen molar-refractivity contribution in [1.29, 1.82) is 0 Å². The molecule has 1 N–H and O–H groups in total. The summed E-state index contributed by atoms with van der Waals surface area (Å²) in [5.74, 6) is 0. The van der Waals surface area contributed by atoms with E-state index in [0.717, 1.165) is 5.69 Å². The first kappa shape index (κ1) is 14.0. The average molecular weight is 262 g/mol. The molecule has 0 bridgehead atoms. The van der Waals surface area contributed by atoms with Crippen molar-refractivity contribution >= 4 is 5.69 Å². The van der Waals surface area contributed by atoms with Crippen molar-refractivity contribution < 1.29 is 5.21 Å². The molecule has 19 heavy (non-hydrogen) atoms. The summed E-state index contributed by atoms with van der Waals surface area (Å²) in [4.78, 5) is 0. The average Bonchev–Trinajstić information content (AvgIpc) is 2.26. The number of benzene rings is 1. The Morgan fingerprint density at radius 2 is 1.53 bits per heavy atom. The third-order valence-corrected chi connectivity index (χ3v) is 3.29. The van der Waals surface area contributed by atoms with Gasteiger partial charge >= 0.3 is 0 Å². The fourth-order valence-corrected chi connectivity index (χ4v) is 2.74. The molecule has 0 aliphatic carbocycles. The van der Waals surface area contributed by atoms with Crippen LogP contribution in [0.4, 0.5) is 5.69 Å². The van der Waals surface area contributed by atoms with Crippen LogP contribution >= 0.6 is 0 Å². The summed E-state index contributed by atoms with van der Waals surface area (Å²) in [7, 11) is 0. The molecule has 2 rings (SSSR count). The lowest BCUT2D eigenvalue weighted by molar-refractivity contribution is -0.194. The van der Waals surface area contributed by atoms with Crippen LogP contribution in [0.15, 0.2) is 40.7 Å². The fraction of sp³-hybridized carbons (Fsp3) is 0.571. The van der Waals surface area contributed by atoms with Gasteiger partial charge in [-0.3, -0.25) is 5.01 Å². The summed E-state index contributed by atoms with van der Waals surface area (Å²) in [5.41, 5.74) is 0.296. The second kappa shape index (κ2) is 4.90. The Hall–Kier alpha value is -1.46. The van der Waals surface area contributed by atoms with Gasteiger partial charge in [0, 0.05) is 13.1 Å². The zero-order valence-electron chi connectivity index (χ0n) is 12.0. The Bertz CT molecular complexity index is 438. The van der Waals surface area contributed by atoms with Gasteiger partial charge in [-0.25, -0.2) is 0 Å². The first-order chi connectivity index (χ1) is 8.81. The molecule has 0 unspecified atom stereocenters. The van der Waals surface area contributed by atoms with Gasteiger partial charge in [0.25, 0.3) is 0 Å². The van der Waals surface area contributed by atoms with Crippen LogP contribution in [0.1, 0.15) is 27.7 Å². The summed E-state index contributed by atoms with van der Waals surface area (Å²) >= 11 is 0. The topological polar surface area (TPSA) is 51.4 Å². The summed E-state index contributed by atoms with van der Waals surface area (Å²) < 4.78 is 0. The van der Waals surface area contributed by atoms with E-state index in [1.807, 2.05) is 35.3 Å². The smallest absolute Gasteiger partial charge is 0.0874 e. The largest absolute Gasteiger partial charge is 0.314 e. The van der Waals surface area contributed by atoms with E-state index in [2.05, 4.69) is 38.0 Å². The Morgan fingerprint density at radius 1 is 1.00 bits per heavy atom. The molecule has 1 aromatic carbocycles. The third kappa shape index (κ3) is 3.11. The van der Waals surface area contributed by atoms with Crippen LogP contribution in [0.3, 0.4) is 0 Å². The number of hydrogen-bond acceptors (Lipinski definition) is 4. The maximum Gasteiger partial charge on any atom is 0.0874 e. The Morgan fingerprint density at radius 3 is 2.05 bits per heavy atom. The van der Waals surface area contributed by atoms with E-state index in [4.69, 9.17) is 0 Å². The van der Waals surface area contributed by atoms with Gasteiger partial charge in [-0.1, -0.05) is 23.4 Å². The second-order valence-electron chi connectivity index (χ2n) is 6.28. The van der Waals surface area contributed by atoms with Crippen molar-refractivity contribution in [1.82, 2.24) is 10.1 Å². The first-order valence-corrected chi connectivity index (χ1v) is 6.52. The molecule has 104 valence electrons. The van der Waals surface area contributed by atoms with Gasteiger partial charge in [0.15, 0.2) is 0 Å². The van der Waals surface area contributed by atoms with Crippen LogP contribution in [0.25, 0.3) is 0 Å². The lowest BCUT2D eigenvalue weighted by atomic mass is 9.91. The monoisotopic (exact) mass is 262 g/mol. The molecule has 1 aliphatic rings. The molecule has 0 amide bonds. The highest BCUT2D eigenvalue weighted by Crippen LogP contribution is 2.32.